The largest absolute Gasteiger partial charge is 0.435 e. The molecule has 0 saturated carbocycles. The van der Waals surface area contributed by atoms with Crippen LogP contribution in [0.4, 0.5) is 8.78 Å². The zero-order valence-corrected chi connectivity index (χ0v) is 15.8. The standard InChI is InChI=1S/C19H18F2N4O4/c1-10(11-5-4-6-12(9-11)29-18(20)21)22-16(26)14-8-7-13-15(23-14)24(2)19(28)25(3)17(13)27/h4-10,18H,1-3H3,(H,22,26). The summed E-state index contributed by atoms with van der Waals surface area (Å²) in [6.07, 6.45) is 0. The summed E-state index contributed by atoms with van der Waals surface area (Å²) in [6, 6.07) is 8.26. The van der Waals surface area contributed by atoms with Crippen LogP contribution < -0.4 is 21.3 Å². The highest BCUT2D eigenvalue weighted by Gasteiger charge is 2.17. The third-order valence-electron chi connectivity index (χ3n) is 4.47. The number of nitrogens with zero attached hydrogens (tertiary/aromatic N) is 3. The second-order valence-electron chi connectivity index (χ2n) is 6.42. The molecule has 0 spiro atoms. The molecule has 152 valence electrons. The number of aryl methyl sites for hydroxylation is 1. The van der Waals surface area contributed by atoms with E-state index in [1.165, 1.54) is 49.0 Å². The van der Waals surface area contributed by atoms with Crippen LogP contribution in [0.15, 0.2) is 46.0 Å². The number of rotatable bonds is 5. The summed E-state index contributed by atoms with van der Waals surface area (Å²) in [4.78, 5) is 41.0. The number of amides is 1. The highest BCUT2D eigenvalue weighted by molar-refractivity contribution is 5.94. The van der Waals surface area contributed by atoms with Crippen LogP contribution in [0.25, 0.3) is 11.0 Å². The molecule has 0 aliphatic heterocycles. The number of hydrogen-bond donors (Lipinski definition) is 1. The minimum atomic E-state index is -2.95. The summed E-state index contributed by atoms with van der Waals surface area (Å²) in [7, 11) is 2.81. The van der Waals surface area contributed by atoms with Crippen molar-refractivity contribution in [2.24, 2.45) is 14.1 Å². The van der Waals surface area contributed by atoms with Crippen molar-refractivity contribution in [1.29, 1.82) is 0 Å². The van der Waals surface area contributed by atoms with Crippen LogP contribution in [0.1, 0.15) is 29.0 Å². The van der Waals surface area contributed by atoms with Crippen molar-refractivity contribution < 1.29 is 18.3 Å². The van der Waals surface area contributed by atoms with Crippen molar-refractivity contribution >= 4 is 16.9 Å². The lowest BCUT2D eigenvalue weighted by molar-refractivity contribution is -0.0499. The summed E-state index contributed by atoms with van der Waals surface area (Å²) in [5.74, 6) is -0.569. The zero-order chi connectivity index (χ0) is 21.3. The number of pyridine rings is 1. The van der Waals surface area contributed by atoms with E-state index in [1.807, 2.05) is 0 Å². The lowest BCUT2D eigenvalue weighted by Crippen LogP contribution is -2.37. The number of nitrogens with one attached hydrogen (secondary N) is 1. The first-order valence-corrected chi connectivity index (χ1v) is 8.61. The average molecular weight is 404 g/mol. The number of benzene rings is 1. The van der Waals surface area contributed by atoms with E-state index in [4.69, 9.17) is 0 Å². The summed E-state index contributed by atoms with van der Waals surface area (Å²) >= 11 is 0. The van der Waals surface area contributed by atoms with Crippen molar-refractivity contribution in [3.63, 3.8) is 0 Å². The molecule has 29 heavy (non-hydrogen) atoms. The first-order valence-electron chi connectivity index (χ1n) is 8.61. The lowest BCUT2D eigenvalue weighted by Gasteiger charge is -2.15. The van der Waals surface area contributed by atoms with Crippen LogP contribution in [0.5, 0.6) is 5.75 Å². The van der Waals surface area contributed by atoms with Crippen LogP contribution in [0.2, 0.25) is 0 Å². The zero-order valence-electron chi connectivity index (χ0n) is 15.8. The fourth-order valence-electron chi connectivity index (χ4n) is 2.89. The molecule has 3 aromatic rings. The Kier molecular flexibility index (Phi) is 5.44. The molecule has 1 amide bonds. The van der Waals surface area contributed by atoms with Crippen molar-refractivity contribution in [2.45, 2.75) is 19.6 Å². The summed E-state index contributed by atoms with van der Waals surface area (Å²) < 4.78 is 31.3. The maximum Gasteiger partial charge on any atom is 0.387 e. The molecule has 10 heteroatoms. The molecule has 0 aliphatic carbocycles. The number of alkyl halides is 2. The molecule has 8 nitrogen and oxygen atoms in total. The van der Waals surface area contributed by atoms with Gasteiger partial charge in [0.15, 0.2) is 0 Å². The van der Waals surface area contributed by atoms with E-state index in [1.54, 1.807) is 13.0 Å². The van der Waals surface area contributed by atoms with E-state index in [0.717, 1.165) is 4.57 Å². The predicted molar refractivity (Wildman–Crippen MR) is 101 cm³/mol. The number of fused-ring (bicyclic) bond motifs is 1. The Bertz CT molecular complexity index is 1200. The summed E-state index contributed by atoms with van der Waals surface area (Å²) in [6.45, 7) is -1.28. The van der Waals surface area contributed by atoms with Gasteiger partial charge in [-0.25, -0.2) is 9.78 Å². The molecule has 1 N–H and O–H groups in total. The SMILES string of the molecule is CC(NC(=O)c1ccc2c(=O)n(C)c(=O)n(C)c2n1)c1cccc(OC(F)F)c1. The smallest absolute Gasteiger partial charge is 0.387 e. The number of hydrogen-bond acceptors (Lipinski definition) is 5. The van der Waals surface area contributed by atoms with Gasteiger partial charge in [0.2, 0.25) is 0 Å². The van der Waals surface area contributed by atoms with Crippen LogP contribution in [-0.2, 0) is 14.1 Å². The van der Waals surface area contributed by atoms with Crippen LogP contribution in [0, 0.1) is 0 Å². The Morgan fingerprint density at radius 2 is 1.86 bits per heavy atom. The maximum absolute atomic E-state index is 12.6. The Morgan fingerprint density at radius 3 is 2.55 bits per heavy atom. The normalized spacial score (nSPS) is 12.2. The Balaban J connectivity index is 1.88. The molecule has 2 aromatic heterocycles. The van der Waals surface area contributed by atoms with Crippen molar-refractivity contribution in [3.8, 4) is 5.75 Å². The van der Waals surface area contributed by atoms with E-state index in [9.17, 15) is 23.2 Å². The Labute approximate surface area is 163 Å². The minimum Gasteiger partial charge on any atom is -0.435 e. The molecule has 0 radical (unpaired) electrons. The van der Waals surface area contributed by atoms with E-state index >= 15 is 0 Å². The van der Waals surface area contributed by atoms with E-state index in [0.29, 0.717) is 5.56 Å². The van der Waals surface area contributed by atoms with Gasteiger partial charge in [0.1, 0.15) is 17.1 Å². The van der Waals surface area contributed by atoms with Crippen LogP contribution in [-0.4, -0.2) is 26.6 Å². The molecule has 2 heterocycles. The molecule has 1 aromatic carbocycles. The minimum absolute atomic E-state index is 0.00703. The fraction of sp³-hybridized carbons (Fsp3) is 0.263. The first kappa shape index (κ1) is 20.2. The van der Waals surface area contributed by atoms with Crippen LogP contribution in [0.3, 0.4) is 0 Å². The first-order chi connectivity index (χ1) is 13.7. The van der Waals surface area contributed by atoms with Gasteiger partial charge in [-0.15, -0.1) is 0 Å². The molecule has 3 rings (SSSR count). The number of carbonyl (C=O) groups is 1. The third kappa shape index (κ3) is 4.00. The molecule has 0 fully saturated rings. The quantitative estimate of drug-likeness (QED) is 0.699. The van der Waals surface area contributed by atoms with Gasteiger partial charge in [-0.2, -0.15) is 8.78 Å². The van der Waals surface area contributed by atoms with E-state index in [-0.39, 0.29) is 22.5 Å². The number of carbonyl (C=O) groups excluding carboxylic acids is 1. The van der Waals surface area contributed by atoms with Gasteiger partial charge >= 0.3 is 12.3 Å². The van der Waals surface area contributed by atoms with Gasteiger partial charge in [0.25, 0.3) is 11.5 Å². The van der Waals surface area contributed by atoms with E-state index in [2.05, 4.69) is 15.0 Å². The molecule has 1 unspecified atom stereocenters. The van der Waals surface area contributed by atoms with E-state index < -0.39 is 29.8 Å². The Hall–Kier alpha value is -3.56. The molecule has 0 saturated heterocycles. The summed E-state index contributed by atoms with van der Waals surface area (Å²) in [5.41, 5.74) is -0.416. The monoisotopic (exact) mass is 404 g/mol. The predicted octanol–water partition coefficient (Wildman–Crippen LogP) is 1.72. The average Bonchev–Trinajstić information content (AvgIpc) is 2.69. The van der Waals surface area contributed by atoms with Gasteiger partial charge in [-0.05, 0) is 36.8 Å². The maximum atomic E-state index is 12.6. The van der Waals surface area contributed by atoms with Gasteiger partial charge in [-0.1, -0.05) is 12.1 Å². The highest BCUT2D eigenvalue weighted by Crippen LogP contribution is 2.21. The van der Waals surface area contributed by atoms with Gasteiger partial charge in [0, 0.05) is 14.1 Å². The fourth-order valence-corrected chi connectivity index (χ4v) is 2.89. The summed E-state index contributed by atoms with van der Waals surface area (Å²) in [5, 5.41) is 2.91. The van der Waals surface area contributed by atoms with Crippen molar-refractivity contribution in [3.05, 3.63) is 68.5 Å². The second-order valence-corrected chi connectivity index (χ2v) is 6.42. The number of aromatic nitrogens is 3. The lowest BCUT2D eigenvalue weighted by atomic mass is 10.1. The van der Waals surface area contributed by atoms with Crippen molar-refractivity contribution in [1.82, 2.24) is 19.4 Å². The molecular weight excluding hydrogens is 386 g/mol. The van der Waals surface area contributed by atoms with Crippen LogP contribution >= 0.6 is 0 Å². The molecule has 1 atom stereocenters. The molecular formula is C19H18F2N4O4. The second kappa shape index (κ2) is 7.82. The Morgan fingerprint density at radius 1 is 1.14 bits per heavy atom. The van der Waals surface area contributed by atoms with Gasteiger partial charge < -0.3 is 10.1 Å². The topological polar surface area (TPSA) is 95.2 Å². The number of ether oxygens (including phenoxy) is 1. The van der Waals surface area contributed by atoms with Gasteiger partial charge in [-0.3, -0.25) is 18.7 Å². The number of halogens is 2. The molecule has 0 bridgehead atoms. The van der Waals surface area contributed by atoms with Gasteiger partial charge in [0.05, 0.1) is 11.4 Å². The third-order valence-corrected chi connectivity index (χ3v) is 4.47. The van der Waals surface area contributed by atoms with Crippen molar-refractivity contribution in [2.75, 3.05) is 0 Å². The highest BCUT2D eigenvalue weighted by atomic mass is 19.3. The molecule has 0 aliphatic rings.